The van der Waals surface area contributed by atoms with Crippen LogP contribution in [0.4, 0.5) is 0 Å². The molecule has 0 unspecified atom stereocenters. The predicted molar refractivity (Wildman–Crippen MR) is 59.5 cm³/mol. The minimum atomic E-state index is -2.77. The van der Waals surface area contributed by atoms with Gasteiger partial charge in [-0.25, -0.2) is 13.4 Å². The first-order valence-electron chi connectivity index (χ1n) is 5.33. The molecule has 0 aliphatic carbocycles. The molecule has 0 atom stereocenters. The van der Waals surface area contributed by atoms with Crippen LogP contribution in [-0.4, -0.2) is 40.7 Å². The summed E-state index contributed by atoms with van der Waals surface area (Å²) in [6, 6.07) is 0.271. The summed E-state index contributed by atoms with van der Waals surface area (Å²) in [6.45, 7) is 0.603. The van der Waals surface area contributed by atoms with Crippen LogP contribution in [0.3, 0.4) is 0 Å². The molecule has 1 fully saturated rings. The molecule has 0 spiro atoms. The van der Waals surface area contributed by atoms with Crippen LogP contribution in [0.1, 0.15) is 18.7 Å². The third-order valence-corrected chi connectivity index (χ3v) is 4.47. The van der Waals surface area contributed by atoms with Crippen molar-refractivity contribution >= 4 is 9.84 Å². The lowest BCUT2D eigenvalue weighted by Crippen LogP contribution is -2.37. The minimum absolute atomic E-state index is 0.271. The maximum atomic E-state index is 11.2. The smallest absolute Gasteiger partial charge is 0.164 e. The number of nitrogens with zero attached hydrogens (tertiary/aromatic N) is 3. The molecule has 2 heterocycles. The second-order valence-electron chi connectivity index (χ2n) is 4.14. The molecule has 1 aliphatic heterocycles. The number of hydrogen-bond donors (Lipinski definition) is 1. The Morgan fingerprint density at radius 2 is 2.19 bits per heavy atom. The van der Waals surface area contributed by atoms with E-state index in [9.17, 15) is 8.42 Å². The van der Waals surface area contributed by atoms with Gasteiger partial charge in [-0.1, -0.05) is 0 Å². The van der Waals surface area contributed by atoms with Crippen molar-refractivity contribution in [2.24, 2.45) is 7.05 Å². The third-order valence-electron chi connectivity index (χ3n) is 2.75. The number of aryl methyl sites for hydroxylation is 1. The van der Waals surface area contributed by atoms with E-state index >= 15 is 0 Å². The Kier molecular flexibility index (Phi) is 3.25. The molecule has 90 valence electrons. The molecule has 1 aliphatic rings. The highest BCUT2D eigenvalue weighted by atomic mass is 32.2. The largest absolute Gasteiger partial charge is 0.307 e. The van der Waals surface area contributed by atoms with Crippen molar-refractivity contribution < 1.29 is 8.42 Å². The van der Waals surface area contributed by atoms with Crippen LogP contribution in [-0.2, 0) is 23.4 Å². The fraction of sp³-hybridized carbons (Fsp3) is 0.778. The number of nitrogens with one attached hydrogen (secondary N) is 1. The van der Waals surface area contributed by atoms with Gasteiger partial charge < -0.3 is 5.32 Å². The Morgan fingerprint density at radius 3 is 2.75 bits per heavy atom. The maximum absolute atomic E-state index is 11.2. The highest BCUT2D eigenvalue weighted by Gasteiger charge is 2.23. The molecule has 1 N–H and O–H groups in total. The van der Waals surface area contributed by atoms with Crippen LogP contribution in [0, 0.1) is 0 Å². The second kappa shape index (κ2) is 4.50. The Hall–Kier alpha value is -0.950. The average molecular weight is 244 g/mol. The first kappa shape index (κ1) is 11.5. The van der Waals surface area contributed by atoms with Gasteiger partial charge in [0.05, 0.1) is 18.1 Å². The van der Waals surface area contributed by atoms with Gasteiger partial charge in [0.2, 0.25) is 0 Å². The molecular formula is C9H16N4O2S. The fourth-order valence-electron chi connectivity index (χ4n) is 1.79. The lowest BCUT2D eigenvalue weighted by molar-refractivity contribution is 0.456. The van der Waals surface area contributed by atoms with Gasteiger partial charge in [-0.15, -0.1) is 0 Å². The summed E-state index contributed by atoms with van der Waals surface area (Å²) in [7, 11) is -0.947. The van der Waals surface area contributed by atoms with Crippen LogP contribution >= 0.6 is 0 Å². The fourth-order valence-corrected chi connectivity index (χ4v) is 3.29. The molecule has 0 aromatic carbocycles. The van der Waals surface area contributed by atoms with Crippen molar-refractivity contribution in [3.63, 3.8) is 0 Å². The zero-order valence-corrected chi connectivity index (χ0v) is 10.1. The van der Waals surface area contributed by atoms with Gasteiger partial charge in [0.25, 0.3) is 0 Å². The molecule has 0 radical (unpaired) electrons. The lowest BCUT2D eigenvalue weighted by atomic mass is 10.1. The molecule has 7 heteroatoms. The van der Waals surface area contributed by atoms with Crippen molar-refractivity contribution in [3.05, 3.63) is 12.2 Å². The van der Waals surface area contributed by atoms with Gasteiger partial charge in [0.1, 0.15) is 16.2 Å². The van der Waals surface area contributed by atoms with Crippen LogP contribution in [0.15, 0.2) is 6.33 Å². The van der Waals surface area contributed by atoms with E-state index in [-0.39, 0.29) is 6.04 Å². The summed E-state index contributed by atoms with van der Waals surface area (Å²) in [5, 5.41) is 7.43. The summed E-state index contributed by atoms with van der Waals surface area (Å²) in [6.07, 6.45) is 3.03. The van der Waals surface area contributed by atoms with E-state index < -0.39 is 9.84 Å². The minimum Gasteiger partial charge on any atom is -0.307 e. The summed E-state index contributed by atoms with van der Waals surface area (Å²) in [4.78, 5) is 4.10. The van der Waals surface area contributed by atoms with Crippen LogP contribution in [0.2, 0.25) is 0 Å². The number of hydrogen-bond acceptors (Lipinski definition) is 5. The van der Waals surface area contributed by atoms with E-state index in [0.29, 0.717) is 30.9 Å². The first-order chi connectivity index (χ1) is 7.55. The average Bonchev–Trinajstić information content (AvgIpc) is 2.63. The van der Waals surface area contributed by atoms with Gasteiger partial charge >= 0.3 is 0 Å². The zero-order valence-electron chi connectivity index (χ0n) is 9.26. The highest BCUT2D eigenvalue weighted by molar-refractivity contribution is 7.91. The van der Waals surface area contributed by atoms with Crippen molar-refractivity contribution in [2.75, 3.05) is 11.5 Å². The van der Waals surface area contributed by atoms with Crippen molar-refractivity contribution in [1.82, 2.24) is 20.1 Å². The van der Waals surface area contributed by atoms with E-state index in [1.54, 1.807) is 11.0 Å². The lowest BCUT2D eigenvalue weighted by Gasteiger charge is -2.22. The summed E-state index contributed by atoms with van der Waals surface area (Å²) in [5.74, 6) is 1.33. The van der Waals surface area contributed by atoms with Gasteiger partial charge in [-0.3, -0.25) is 4.68 Å². The summed E-state index contributed by atoms with van der Waals surface area (Å²) < 4.78 is 24.1. The van der Waals surface area contributed by atoms with Gasteiger partial charge in [-0.2, -0.15) is 5.10 Å². The van der Waals surface area contributed by atoms with E-state index in [1.165, 1.54) is 0 Å². The predicted octanol–water partition coefficient (Wildman–Crippen LogP) is -0.518. The van der Waals surface area contributed by atoms with Gasteiger partial charge in [-0.05, 0) is 12.8 Å². The SMILES string of the molecule is Cn1cnc(CNC2CCS(=O)(=O)CC2)n1. The normalized spacial score (nSPS) is 21.1. The number of sulfone groups is 1. The van der Waals surface area contributed by atoms with Crippen molar-refractivity contribution in [3.8, 4) is 0 Å². The Labute approximate surface area is 95.0 Å². The van der Waals surface area contributed by atoms with Crippen molar-refractivity contribution in [1.29, 1.82) is 0 Å². The first-order valence-corrected chi connectivity index (χ1v) is 7.16. The number of aromatic nitrogens is 3. The van der Waals surface area contributed by atoms with Crippen molar-refractivity contribution in [2.45, 2.75) is 25.4 Å². The maximum Gasteiger partial charge on any atom is 0.164 e. The highest BCUT2D eigenvalue weighted by Crippen LogP contribution is 2.12. The second-order valence-corrected chi connectivity index (χ2v) is 6.45. The molecular weight excluding hydrogens is 228 g/mol. The Morgan fingerprint density at radius 1 is 1.50 bits per heavy atom. The topological polar surface area (TPSA) is 76.9 Å². The molecule has 1 aromatic heterocycles. The van der Waals surface area contributed by atoms with E-state index in [1.807, 2.05) is 7.05 Å². The van der Waals surface area contributed by atoms with E-state index in [4.69, 9.17) is 0 Å². The summed E-state index contributed by atoms with van der Waals surface area (Å²) in [5.41, 5.74) is 0. The Bertz CT molecular complexity index is 440. The molecule has 2 rings (SSSR count). The number of rotatable bonds is 3. The van der Waals surface area contributed by atoms with Gasteiger partial charge in [0.15, 0.2) is 5.82 Å². The molecule has 16 heavy (non-hydrogen) atoms. The standard InChI is InChI=1S/C9H16N4O2S/c1-13-7-11-9(12-13)6-10-8-2-4-16(14,15)5-3-8/h7-8,10H,2-6H2,1H3. The molecule has 0 saturated carbocycles. The Balaban J connectivity index is 1.80. The van der Waals surface area contributed by atoms with E-state index in [0.717, 1.165) is 5.82 Å². The third kappa shape index (κ3) is 3.02. The molecule has 0 amide bonds. The quantitative estimate of drug-likeness (QED) is 0.774. The summed E-state index contributed by atoms with van der Waals surface area (Å²) >= 11 is 0. The molecule has 1 saturated heterocycles. The molecule has 1 aromatic rings. The van der Waals surface area contributed by atoms with E-state index in [2.05, 4.69) is 15.4 Å². The van der Waals surface area contributed by atoms with Crippen LogP contribution < -0.4 is 5.32 Å². The zero-order chi connectivity index (χ0) is 11.6. The van der Waals surface area contributed by atoms with Crippen LogP contribution in [0.5, 0.6) is 0 Å². The van der Waals surface area contributed by atoms with Crippen LogP contribution in [0.25, 0.3) is 0 Å². The molecule has 0 bridgehead atoms. The van der Waals surface area contributed by atoms with Gasteiger partial charge in [0, 0.05) is 13.1 Å². The monoisotopic (exact) mass is 244 g/mol. The molecule has 6 nitrogen and oxygen atoms in total.